The van der Waals surface area contributed by atoms with Gasteiger partial charge in [0, 0.05) is 25.0 Å². The second kappa shape index (κ2) is 5.79. The minimum Gasteiger partial charge on any atom is -0.313 e. The van der Waals surface area contributed by atoms with E-state index in [0.717, 1.165) is 38.8 Å². The van der Waals surface area contributed by atoms with E-state index < -0.39 is 9.84 Å². The number of hydrogen-bond acceptors (Lipinski definition) is 5. The Morgan fingerprint density at radius 3 is 2.94 bits per heavy atom. The van der Waals surface area contributed by atoms with Crippen molar-refractivity contribution in [1.82, 2.24) is 20.3 Å². The highest BCUT2D eigenvalue weighted by atomic mass is 32.2. The van der Waals surface area contributed by atoms with E-state index in [0.29, 0.717) is 0 Å². The quantitative estimate of drug-likeness (QED) is 0.750. The highest BCUT2D eigenvalue weighted by Crippen LogP contribution is 2.24. The Balaban J connectivity index is 1.73. The van der Waals surface area contributed by atoms with Crippen molar-refractivity contribution < 1.29 is 8.42 Å². The summed E-state index contributed by atoms with van der Waals surface area (Å²) in [6, 6.07) is 0.121. The second-order valence-corrected chi connectivity index (χ2v) is 7.14. The SMILES string of the molecule is CS(=O)(=O)C1CCCC1NCCCn1ccnn1. The van der Waals surface area contributed by atoms with Gasteiger partial charge in [0.25, 0.3) is 0 Å². The third kappa shape index (κ3) is 3.52. The van der Waals surface area contributed by atoms with E-state index in [2.05, 4.69) is 15.6 Å². The molecule has 7 heteroatoms. The molecule has 0 aromatic carbocycles. The molecule has 1 fully saturated rings. The Morgan fingerprint density at radius 2 is 2.28 bits per heavy atom. The Bertz CT molecular complexity index is 457. The monoisotopic (exact) mass is 272 g/mol. The van der Waals surface area contributed by atoms with Crippen LogP contribution in [0.2, 0.25) is 0 Å². The molecule has 0 aliphatic heterocycles. The summed E-state index contributed by atoms with van der Waals surface area (Å²) in [6.07, 6.45) is 8.50. The van der Waals surface area contributed by atoms with E-state index in [1.807, 2.05) is 6.20 Å². The van der Waals surface area contributed by atoms with Crippen LogP contribution < -0.4 is 5.32 Å². The van der Waals surface area contributed by atoms with Crippen molar-refractivity contribution in [2.75, 3.05) is 12.8 Å². The van der Waals surface area contributed by atoms with Crippen LogP contribution in [-0.2, 0) is 16.4 Å². The van der Waals surface area contributed by atoms with Crippen molar-refractivity contribution in [3.8, 4) is 0 Å². The van der Waals surface area contributed by atoms with E-state index in [4.69, 9.17) is 0 Å². The summed E-state index contributed by atoms with van der Waals surface area (Å²) < 4.78 is 25.0. The minimum absolute atomic E-state index is 0.121. The maximum absolute atomic E-state index is 11.6. The highest BCUT2D eigenvalue weighted by Gasteiger charge is 2.34. The number of hydrogen-bond donors (Lipinski definition) is 1. The predicted molar refractivity (Wildman–Crippen MR) is 68.9 cm³/mol. The summed E-state index contributed by atoms with van der Waals surface area (Å²) in [5.74, 6) is 0. The minimum atomic E-state index is -2.92. The van der Waals surface area contributed by atoms with Crippen molar-refractivity contribution in [3.63, 3.8) is 0 Å². The summed E-state index contributed by atoms with van der Waals surface area (Å²) in [5.41, 5.74) is 0. The fourth-order valence-corrected chi connectivity index (χ4v) is 3.98. The smallest absolute Gasteiger partial charge is 0.151 e. The highest BCUT2D eigenvalue weighted by molar-refractivity contribution is 7.91. The van der Waals surface area contributed by atoms with Gasteiger partial charge in [-0.05, 0) is 25.8 Å². The van der Waals surface area contributed by atoms with Crippen LogP contribution in [0.5, 0.6) is 0 Å². The molecule has 18 heavy (non-hydrogen) atoms. The number of rotatable bonds is 6. The first-order valence-electron chi connectivity index (χ1n) is 6.34. The van der Waals surface area contributed by atoms with E-state index >= 15 is 0 Å². The van der Waals surface area contributed by atoms with E-state index in [9.17, 15) is 8.42 Å². The van der Waals surface area contributed by atoms with Crippen molar-refractivity contribution in [2.45, 2.75) is 43.5 Å². The molecule has 1 N–H and O–H groups in total. The maximum Gasteiger partial charge on any atom is 0.151 e. The number of nitrogens with one attached hydrogen (secondary N) is 1. The van der Waals surface area contributed by atoms with Crippen LogP contribution in [-0.4, -0.2) is 47.5 Å². The van der Waals surface area contributed by atoms with Crippen LogP contribution in [0.15, 0.2) is 12.4 Å². The molecule has 1 aliphatic rings. The normalized spacial score (nSPS) is 24.5. The average molecular weight is 272 g/mol. The molecule has 0 bridgehead atoms. The molecule has 0 saturated heterocycles. The molecule has 0 radical (unpaired) electrons. The summed E-state index contributed by atoms with van der Waals surface area (Å²) >= 11 is 0. The van der Waals surface area contributed by atoms with Gasteiger partial charge in [-0.15, -0.1) is 5.10 Å². The molecule has 2 unspecified atom stereocenters. The van der Waals surface area contributed by atoms with Gasteiger partial charge in [0.1, 0.15) is 0 Å². The third-order valence-corrected chi connectivity index (χ3v) is 5.11. The molecule has 2 rings (SSSR count). The predicted octanol–water partition coefficient (Wildman–Crippen LogP) is 0.223. The zero-order chi connectivity index (χ0) is 13.0. The van der Waals surface area contributed by atoms with Crippen LogP contribution in [0.1, 0.15) is 25.7 Å². The average Bonchev–Trinajstić information content (AvgIpc) is 2.94. The van der Waals surface area contributed by atoms with Gasteiger partial charge in [0.05, 0.1) is 11.4 Å². The van der Waals surface area contributed by atoms with Crippen LogP contribution >= 0.6 is 0 Å². The molecule has 2 atom stereocenters. The fourth-order valence-electron chi connectivity index (χ4n) is 2.55. The summed E-state index contributed by atoms with van der Waals surface area (Å²) in [5, 5.41) is 10.8. The summed E-state index contributed by atoms with van der Waals surface area (Å²) in [6.45, 7) is 1.62. The molecule has 1 aromatic rings. The first-order valence-corrected chi connectivity index (χ1v) is 8.29. The first-order chi connectivity index (χ1) is 8.57. The van der Waals surface area contributed by atoms with Gasteiger partial charge in [-0.3, -0.25) is 4.68 Å². The molecule has 1 saturated carbocycles. The molecular formula is C11H20N4O2S. The van der Waals surface area contributed by atoms with Crippen LogP contribution in [0, 0.1) is 0 Å². The van der Waals surface area contributed by atoms with Crippen molar-refractivity contribution in [2.24, 2.45) is 0 Å². The Kier molecular flexibility index (Phi) is 4.34. The molecule has 1 aliphatic carbocycles. The van der Waals surface area contributed by atoms with Gasteiger partial charge < -0.3 is 5.32 Å². The van der Waals surface area contributed by atoms with Crippen LogP contribution in [0.25, 0.3) is 0 Å². The van der Waals surface area contributed by atoms with Crippen molar-refractivity contribution in [3.05, 3.63) is 12.4 Å². The number of aryl methyl sites for hydroxylation is 1. The summed E-state index contributed by atoms with van der Waals surface area (Å²) in [4.78, 5) is 0. The van der Waals surface area contributed by atoms with E-state index in [-0.39, 0.29) is 11.3 Å². The lowest BCUT2D eigenvalue weighted by atomic mass is 10.2. The fraction of sp³-hybridized carbons (Fsp3) is 0.818. The van der Waals surface area contributed by atoms with Crippen molar-refractivity contribution >= 4 is 9.84 Å². The molecule has 1 heterocycles. The standard InChI is InChI=1S/C11H20N4O2S/c1-18(16,17)11-5-2-4-10(11)12-6-3-8-15-9-7-13-14-15/h7,9-12H,2-6,8H2,1H3. The van der Waals surface area contributed by atoms with Gasteiger partial charge in [-0.1, -0.05) is 11.6 Å². The molecule has 102 valence electrons. The lowest BCUT2D eigenvalue weighted by Gasteiger charge is -2.19. The van der Waals surface area contributed by atoms with Crippen molar-refractivity contribution in [1.29, 1.82) is 0 Å². The van der Waals surface area contributed by atoms with E-state index in [1.54, 1.807) is 10.9 Å². The molecule has 1 aromatic heterocycles. The molecule has 0 amide bonds. The Labute approximate surface area is 108 Å². The van der Waals surface area contributed by atoms with Gasteiger partial charge in [-0.25, -0.2) is 8.42 Å². The number of nitrogens with zero attached hydrogens (tertiary/aromatic N) is 3. The third-order valence-electron chi connectivity index (χ3n) is 3.44. The lowest BCUT2D eigenvalue weighted by molar-refractivity contribution is 0.473. The number of aromatic nitrogens is 3. The van der Waals surface area contributed by atoms with Crippen LogP contribution in [0.4, 0.5) is 0 Å². The van der Waals surface area contributed by atoms with E-state index in [1.165, 1.54) is 6.26 Å². The van der Waals surface area contributed by atoms with Gasteiger partial charge in [-0.2, -0.15) is 0 Å². The first kappa shape index (κ1) is 13.5. The number of sulfone groups is 1. The molecular weight excluding hydrogens is 252 g/mol. The topological polar surface area (TPSA) is 76.9 Å². The molecule has 0 spiro atoms. The zero-order valence-electron chi connectivity index (χ0n) is 10.6. The van der Waals surface area contributed by atoms with Gasteiger partial charge >= 0.3 is 0 Å². The van der Waals surface area contributed by atoms with Gasteiger partial charge in [0.15, 0.2) is 9.84 Å². The summed E-state index contributed by atoms with van der Waals surface area (Å²) in [7, 11) is -2.92. The Hall–Kier alpha value is -0.950. The van der Waals surface area contributed by atoms with Gasteiger partial charge in [0.2, 0.25) is 0 Å². The Morgan fingerprint density at radius 1 is 1.44 bits per heavy atom. The largest absolute Gasteiger partial charge is 0.313 e. The second-order valence-electron chi connectivity index (χ2n) is 4.88. The van der Waals surface area contributed by atoms with Crippen LogP contribution in [0.3, 0.4) is 0 Å². The lowest BCUT2D eigenvalue weighted by Crippen LogP contribution is -2.40. The zero-order valence-corrected chi connectivity index (χ0v) is 11.4. The maximum atomic E-state index is 11.6. The molecule has 6 nitrogen and oxygen atoms in total.